The number of hydrogen-bond acceptors (Lipinski definition) is 1. The molecular formula is C13H27N. The van der Waals surface area contributed by atoms with Crippen molar-refractivity contribution in [2.75, 3.05) is 13.1 Å². The molecule has 1 heteroatoms. The van der Waals surface area contributed by atoms with Crippen molar-refractivity contribution >= 4 is 0 Å². The largest absolute Gasteiger partial charge is 0.316 e. The molecule has 0 aliphatic heterocycles. The predicted molar refractivity (Wildman–Crippen MR) is 63.6 cm³/mol. The molecule has 0 aromatic heterocycles. The third-order valence-electron chi connectivity index (χ3n) is 3.57. The molecule has 14 heavy (non-hydrogen) atoms. The first kappa shape index (κ1) is 12.0. The Labute approximate surface area is 89.7 Å². The van der Waals surface area contributed by atoms with Crippen LogP contribution in [0.25, 0.3) is 0 Å². The monoisotopic (exact) mass is 197 g/mol. The molecular weight excluding hydrogens is 170 g/mol. The molecule has 0 heterocycles. The van der Waals surface area contributed by atoms with E-state index in [4.69, 9.17) is 0 Å². The number of unbranched alkanes of at least 4 members (excludes halogenated alkanes) is 2. The molecule has 1 aliphatic rings. The standard InChI is InChI=1S/C13H27N/c1-3-4-8-11-14-12-13(2)9-6-5-7-10-13/h14H,3-12H2,1-2H3. The minimum atomic E-state index is 0.616. The average Bonchev–Trinajstić information content (AvgIpc) is 2.18. The molecule has 1 aliphatic carbocycles. The van der Waals surface area contributed by atoms with Crippen LogP contribution in [0, 0.1) is 5.41 Å². The molecule has 0 aromatic carbocycles. The Morgan fingerprint density at radius 1 is 1.07 bits per heavy atom. The molecule has 1 fully saturated rings. The first-order valence-electron chi connectivity index (χ1n) is 6.47. The highest BCUT2D eigenvalue weighted by atomic mass is 14.9. The summed E-state index contributed by atoms with van der Waals surface area (Å²) < 4.78 is 0. The lowest BCUT2D eigenvalue weighted by atomic mass is 9.76. The van der Waals surface area contributed by atoms with Gasteiger partial charge in [-0.2, -0.15) is 0 Å². The second-order valence-electron chi connectivity index (χ2n) is 5.26. The summed E-state index contributed by atoms with van der Waals surface area (Å²) in [5, 5.41) is 3.63. The Hall–Kier alpha value is -0.0400. The van der Waals surface area contributed by atoms with Gasteiger partial charge in [0.15, 0.2) is 0 Å². The summed E-state index contributed by atoms with van der Waals surface area (Å²) in [4.78, 5) is 0. The molecule has 0 radical (unpaired) electrons. The van der Waals surface area contributed by atoms with E-state index in [-0.39, 0.29) is 0 Å². The molecule has 0 saturated heterocycles. The summed E-state index contributed by atoms with van der Waals surface area (Å²) in [6, 6.07) is 0. The quantitative estimate of drug-likeness (QED) is 0.640. The Morgan fingerprint density at radius 3 is 2.43 bits per heavy atom. The van der Waals surface area contributed by atoms with E-state index < -0.39 is 0 Å². The van der Waals surface area contributed by atoms with E-state index in [0.717, 1.165) is 0 Å². The topological polar surface area (TPSA) is 12.0 Å². The molecule has 1 N–H and O–H groups in total. The van der Waals surface area contributed by atoms with E-state index >= 15 is 0 Å². The fourth-order valence-electron chi connectivity index (χ4n) is 2.47. The van der Waals surface area contributed by atoms with Crippen LogP contribution in [0.1, 0.15) is 65.2 Å². The molecule has 1 saturated carbocycles. The van der Waals surface area contributed by atoms with Gasteiger partial charge in [0.2, 0.25) is 0 Å². The van der Waals surface area contributed by atoms with Crippen molar-refractivity contribution in [1.29, 1.82) is 0 Å². The van der Waals surface area contributed by atoms with Crippen LogP contribution in [0.4, 0.5) is 0 Å². The smallest absolute Gasteiger partial charge is 0.000516 e. The Bertz CT molecular complexity index is 136. The van der Waals surface area contributed by atoms with Crippen LogP contribution in [0.2, 0.25) is 0 Å². The average molecular weight is 197 g/mol. The first-order chi connectivity index (χ1) is 6.77. The van der Waals surface area contributed by atoms with E-state index in [2.05, 4.69) is 19.2 Å². The predicted octanol–water partition coefficient (Wildman–Crippen LogP) is 3.74. The lowest BCUT2D eigenvalue weighted by Gasteiger charge is -2.33. The van der Waals surface area contributed by atoms with Gasteiger partial charge in [0.25, 0.3) is 0 Å². The summed E-state index contributed by atoms with van der Waals surface area (Å²) >= 11 is 0. The fraction of sp³-hybridized carbons (Fsp3) is 1.00. The van der Waals surface area contributed by atoms with Gasteiger partial charge in [-0.25, -0.2) is 0 Å². The minimum Gasteiger partial charge on any atom is -0.316 e. The van der Waals surface area contributed by atoms with Crippen LogP contribution in [-0.2, 0) is 0 Å². The van der Waals surface area contributed by atoms with Gasteiger partial charge in [-0.05, 0) is 31.2 Å². The minimum absolute atomic E-state index is 0.616. The Balaban J connectivity index is 2.03. The third kappa shape index (κ3) is 4.45. The third-order valence-corrected chi connectivity index (χ3v) is 3.57. The van der Waals surface area contributed by atoms with E-state index in [9.17, 15) is 0 Å². The summed E-state index contributed by atoms with van der Waals surface area (Å²) in [5.41, 5.74) is 0.616. The first-order valence-corrected chi connectivity index (χ1v) is 6.47. The summed E-state index contributed by atoms with van der Waals surface area (Å²) in [6.45, 7) is 7.20. The molecule has 0 atom stereocenters. The number of nitrogens with one attached hydrogen (secondary N) is 1. The highest BCUT2D eigenvalue weighted by Gasteiger charge is 2.25. The SMILES string of the molecule is CCCCCNCC1(C)CCCCC1. The highest BCUT2D eigenvalue weighted by Crippen LogP contribution is 2.34. The van der Waals surface area contributed by atoms with E-state index in [1.165, 1.54) is 64.5 Å². The van der Waals surface area contributed by atoms with Crippen LogP contribution in [0.5, 0.6) is 0 Å². The Kier molecular flexibility index (Phi) is 5.54. The molecule has 0 aromatic rings. The highest BCUT2D eigenvalue weighted by molar-refractivity contribution is 4.80. The number of rotatable bonds is 6. The zero-order chi connectivity index (χ0) is 10.3. The molecule has 0 spiro atoms. The number of hydrogen-bond donors (Lipinski definition) is 1. The van der Waals surface area contributed by atoms with E-state index in [1.807, 2.05) is 0 Å². The van der Waals surface area contributed by atoms with Crippen molar-refractivity contribution < 1.29 is 0 Å². The van der Waals surface area contributed by atoms with Gasteiger partial charge in [0.05, 0.1) is 0 Å². The fourth-order valence-corrected chi connectivity index (χ4v) is 2.47. The van der Waals surface area contributed by atoms with Crippen molar-refractivity contribution in [3.05, 3.63) is 0 Å². The van der Waals surface area contributed by atoms with Crippen LogP contribution in [-0.4, -0.2) is 13.1 Å². The van der Waals surface area contributed by atoms with E-state index in [0.29, 0.717) is 5.41 Å². The van der Waals surface area contributed by atoms with Crippen molar-refractivity contribution in [2.45, 2.75) is 65.2 Å². The van der Waals surface area contributed by atoms with Crippen LogP contribution >= 0.6 is 0 Å². The van der Waals surface area contributed by atoms with E-state index in [1.54, 1.807) is 0 Å². The molecule has 0 bridgehead atoms. The second-order valence-corrected chi connectivity index (χ2v) is 5.26. The maximum atomic E-state index is 3.63. The summed E-state index contributed by atoms with van der Waals surface area (Å²) in [7, 11) is 0. The lowest BCUT2D eigenvalue weighted by molar-refractivity contribution is 0.208. The van der Waals surface area contributed by atoms with Crippen molar-refractivity contribution in [3.8, 4) is 0 Å². The lowest BCUT2D eigenvalue weighted by Crippen LogP contribution is -2.34. The van der Waals surface area contributed by atoms with Gasteiger partial charge in [-0.1, -0.05) is 46.0 Å². The van der Waals surface area contributed by atoms with Gasteiger partial charge < -0.3 is 5.32 Å². The van der Waals surface area contributed by atoms with Crippen LogP contribution in [0.3, 0.4) is 0 Å². The van der Waals surface area contributed by atoms with Gasteiger partial charge in [0, 0.05) is 6.54 Å². The van der Waals surface area contributed by atoms with Gasteiger partial charge in [0.1, 0.15) is 0 Å². The summed E-state index contributed by atoms with van der Waals surface area (Å²) in [6.07, 6.45) is 11.3. The maximum Gasteiger partial charge on any atom is 0.000516 e. The van der Waals surface area contributed by atoms with Crippen LogP contribution < -0.4 is 5.32 Å². The van der Waals surface area contributed by atoms with Crippen molar-refractivity contribution in [3.63, 3.8) is 0 Å². The van der Waals surface area contributed by atoms with Gasteiger partial charge in [-0.3, -0.25) is 0 Å². The summed E-state index contributed by atoms with van der Waals surface area (Å²) in [5.74, 6) is 0. The molecule has 1 nitrogen and oxygen atoms in total. The van der Waals surface area contributed by atoms with Crippen molar-refractivity contribution in [1.82, 2.24) is 5.32 Å². The molecule has 84 valence electrons. The Morgan fingerprint density at radius 2 is 1.79 bits per heavy atom. The zero-order valence-electron chi connectivity index (χ0n) is 10.1. The van der Waals surface area contributed by atoms with Crippen LogP contribution in [0.15, 0.2) is 0 Å². The molecule has 0 unspecified atom stereocenters. The molecule has 1 rings (SSSR count). The second kappa shape index (κ2) is 6.44. The van der Waals surface area contributed by atoms with Gasteiger partial charge >= 0.3 is 0 Å². The normalized spacial score (nSPS) is 21.0. The maximum absolute atomic E-state index is 3.63. The van der Waals surface area contributed by atoms with Gasteiger partial charge in [-0.15, -0.1) is 0 Å². The van der Waals surface area contributed by atoms with Crippen molar-refractivity contribution in [2.24, 2.45) is 5.41 Å². The molecule has 0 amide bonds. The zero-order valence-corrected chi connectivity index (χ0v) is 10.1.